The Balaban J connectivity index is 2.45. The lowest BCUT2D eigenvalue weighted by atomic mass is 9.92. The molecule has 27 heavy (non-hydrogen) atoms. The Morgan fingerprint density at radius 2 is 1.56 bits per heavy atom. The Hall–Kier alpha value is -2.02. The minimum Gasteiger partial charge on any atom is -0.495 e. The summed E-state index contributed by atoms with van der Waals surface area (Å²) >= 11 is 3.42. The van der Waals surface area contributed by atoms with Gasteiger partial charge >= 0.3 is 0 Å². The van der Waals surface area contributed by atoms with Gasteiger partial charge in [-0.1, -0.05) is 20.8 Å². The van der Waals surface area contributed by atoms with Gasteiger partial charge in [0.1, 0.15) is 21.8 Å². The number of nitrogens with one attached hydrogen (secondary N) is 1. The van der Waals surface area contributed by atoms with Crippen molar-refractivity contribution in [2.24, 2.45) is 0 Å². The predicted octanol–water partition coefficient (Wildman–Crippen LogP) is 4.97. The van der Waals surface area contributed by atoms with Gasteiger partial charge in [0, 0.05) is 17.0 Å². The Labute approximate surface area is 169 Å². The molecular formula is C20H28BrN3O3. The molecule has 148 valence electrons. The molecule has 0 unspecified atom stereocenters. The van der Waals surface area contributed by atoms with E-state index in [1.165, 1.54) is 0 Å². The summed E-state index contributed by atoms with van der Waals surface area (Å²) in [7, 11) is 3.09. The van der Waals surface area contributed by atoms with E-state index in [4.69, 9.17) is 14.6 Å². The monoisotopic (exact) mass is 437 g/mol. The fraction of sp³-hybridized carbons (Fsp3) is 0.500. The maximum atomic E-state index is 12.9. The van der Waals surface area contributed by atoms with Crippen LogP contribution in [0.1, 0.15) is 57.6 Å². The zero-order valence-electron chi connectivity index (χ0n) is 17.2. The molecule has 0 saturated heterocycles. The minimum atomic E-state index is -0.277. The number of hydrogen-bond acceptors (Lipinski definition) is 4. The van der Waals surface area contributed by atoms with Gasteiger partial charge in [0.15, 0.2) is 0 Å². The van der Waals surface area contributed by atoms with Crippen molar-refractivity contribution < 1.29 is 14.3 Å². The van der Waals surface area contributed by atoms with Crippen LogP contribution < -0.4 is 14.8 Å². The summed E-state index contributed by atoms with van der Waals surface area (Å²) in [6.45, 7) is 12.4. The van der Waals surface area contributed by atoms with Crippen molar-refractivity contribution in [1.82, 2.24) is 9.78 Å². The van der Waals surface area contributed by atoms with Crippen LogP contribution in [0, 0.1) is 0 Å². The molecule has 0 fully saturated rings. The van der Waals surface area contributed by atoms with Crippen molar-refractivity contribution in [3.63, 3.8) is 0 Å². The van der Waals surface area contributed by atoms with Crippen LogP contribution in [0.15, 0.2) is 22.7 Å². The zero-order valence-corrected chi connectivity index (χ0v) is 18.8. The van der Waals surface area contributed by atoms with Crippen LogP contribution in [0.25, 0.3) is 0 Å². The Morgan fingerprint density at radius 1 is 1.04 bits per heavy atom. The summed E-state index contributed by atoms with van der Waals surface area (Å²) in [4.78, 5) is 12.9. The van der Waals surface area contributed by atoms with Crippen LogP contribution in [-0.4, -0.2) is 29.9 Å². The van der Waals surface area contributed by atoms with Crippen molar-refractivity contribution >= 4 is 27.7 Å². The third-order valence-electron chi connectivity index (χ3n) is 4.06. The standard InChI is InChI=1S/C20H28BrN3O3/c1-19(2,3)15-11-16(24(23-15)20(4,5)6)22-18(25)12-9-13(26-7)17(21)14(10-12)27-8/h9-11H,1-8H3,(H,22,25). The van der Waals surface area contributed by atoms with Crippen LogP contribution in [-0.2, 0) is 11.0 Å². The number of carbonyl (C=O) groups excluding carboxylic acids is 1. The van der Waals surface area contributed by atoms with Gasteiger partial charge in [0.05, 0.1) is 25.5 Å². The average molecular weight is 438 g/mol. The van der Waals surface area contributed by atoms with Gasteiger partial charge in [-0.3, -0.25) is 4.79 Å². The molecule has 1 aromatic heterocycles. The average Bonchev–Trinajstić information content (AvgIpc) is 2.99. The molecule has 2 rings (SSSR count). The number of ether oxygens (including phenoxy) is 2. The topological polar surface area (TPSA) is 65.4 Å². The molecule has 6 nitrogen and oxygen atoms in total. The summed E-state index contributed by atoms with van der Waals surface area (Å²) in [5.74, 6) is 1.45. The smallest absolute Gasteiger partial charge is 0.257 e. The third kappa shape index (κ3) is 4.64. The van der Waals surface area contributed by atoms with E-state index in [9.17, 15) is 4.79 Å². The van der Waals surface area contributed by atoms with Crippen LogP contribution in [0.3, 0.4) is 0 Å². The molecule has 1 amide bonds. The largest absolute Gasteiger partial charge is 0.495 e. The van der Waals surface area contributed by atoms with E-state index in [1.54, 1.807) is 26.4 Å². The van der Waals surface area contributed by atoms with Gasteiger partial charge in [-0.05, 0) is 48.8 Å². The molecule has 2 aromatic rings. The lowest BCUT2D eigenvalue weighted by Gasteiger charge is -2.23. The van der Waals surface area contributed by atoms with Crippen LogP contribution in [0.4, 0.5) is 5.82 Å². The van der Waals surface area contributed by atoms with E-state index < -0.39 is 0 Å². The highest BCUT2D eigenvalue weighted by molar-refractivity contribution is 9.10. The number of benzene rings is 1. The lowest BCUT2D eigenvalue weighted by molar-refractivity contribution is 0.102. The molecule has 0 aliphatic carbocycles. The fourth-order valence-corrected chi connectivity index (χ4v) is 3.09. The summed E-state index contributed by atoms with van der Waals surface area (Å²) in [5, 5.41) is 7.71. The highest BCUT2D eigenvalue weighted by atomic mass is 79.9. The molecule has 0 radical (unpaired) electrons. The van der Waals surface area contributed by atoms with Gasteiger partial charge in [-0.2, -0.15) is 5.10 Å². The van der Waals surface area contributed by atoms with Gasteiger partial charge in [0.25, 0.3) is 5.91 Å². The molecule has 0 aliphatic heterocycles. The predicted molar refractivity (Wildman–Crippen MR) is 111 cm³/mol. The summed E-state index contributed by atoms with van der Waals surface area (Å²) in [5.41, 5.74) is 0.950. The SMILES string of the molecule is COc1cc(C(=O)Nc2cc(C(C)(C)C)nn2C(C)(C)C)cc(OC)c1Br. The van der Waals surface area contributed by atoms with E-state index >= 15 is 0 Å². The number of halogens is 1. The first-order valence-electron chi connectivity index (χ1n) is 8.72. The molecule has 0 aliphatic rings. The van der Waals surface area contributed by atoms with E-state index in [0.717, 1.165) is 5.69 Å². The molecule has 0 bridgehead atoms. The summed E-state index contributed by atoms with van der Waals surface area (Å²) < 4.78 is 13.2. The highest BCUT2D eigenvalue weighted by Gasteiger charge is 2.26. The Morgan fingerprint density at radius 3 is 1.96 bits per heavy atom. The highest BCUT2D eigenvalue weighted by Crippen LogP contribution is 2.36. The first kappa shape index (κ1) is 21.3. The van der Waals surface area contributed by atoms with Crippen molar-refractivity contribution in [3.8, 4) is 11.5 Å². The zero-order chi connectivity index (χ0) is 20.6. The second kappa shape index (κ2) is 7.54. The molecule has 0 saturated carbocycles. The van der Waals surface area contributed by atoms with Gasteiger partial charge < -0.3 is 14.8 Å². The lowest BCUT2D eigenvalue weighted by Crippen LogP contribution is -2.27. The van der Waals surface area contributed by atoms with Crippen molar-refractivity contribution in [3.05, 3.63) is 33.9 Å². The molecular weight excluding hydrogens is 410 g/mol. The van der Waals surface area contributed by atoms with Gasteiger partial charge in [0.2, 0.25) is 0 Å². The first-order chi connectivity index (χ1) is 12.4. The molecule has 1 N–H and O–H groups in total. The Bertz CT molecular complexity index is 820. The van der Waals surface area contributed by atoms with E-state index in [1.807, 2.05) is 31.5 Å². The summed E-state index contributed by atoms with van der Waals surface area (Å²) in [6, 6.07) is 5.27. The van der Waals surface area contributed by atoms with E-state index in [0.29, 0.717) is 27.4 Å². The number of carbonyl (C=O) groups is 1. The molecule has 7 heteroatoms. The minimum absolute atomic E-state index is 0.125. The maximum Gasteiger partial charge on any atom is 0.257 e. The second-order valence-electron chi connectivity index (χ2n) is 8.40. The molecule has 0 atom stereocenters. The van der Waals surface area contributed by atoms with Gasteiger partial charge in [-0.15, -0.1) is 0 Å². The molecule has 1 heterocycles. The van der Waals surface area contributed by atoms with E-state index in [-0.39, 0.29) is 16.9 Å². The molecule has 1 aromatic carbocycles. The third-order valence-corrected chi connectivity index (χ3v) is 4.84. The normalized spacial score (nSPS) is 12.0. The van der Waals surface area contributed by atoms with Crippen LogP contribution >= 0.6 is 15.9 Å². The number of amides is 1. The Kier molecular flexibility index (Phi) is 5.94. The fourth-order valence-electron chi connectivity index (χ4n) is 2.54. The second-order valence-corrected chi connectivity index (χ2v) is 9.19. The quantitative estimate of drug-likeness (QED) is 0.732. The first-order valence-corrected chi connectivity index (χ1v) is 9.51. The van der Waals surface area contributed by atoms with Crippen LogP contribution in [0.2, 0.25) is 0 Å². The number of methoxy groups -OCH3 is 2. The number of hydrogen-bond donors (Lipinski definition) is 1. The number of nitrogens with zero attached hydrogens (tertiary/aromatic N) is 2. The van der Waals surface area contributed by atoms with Crippen molar-refractivity contribution in [2.45, 2.75) is 52.5 Å². The maximum absolute atomic E-state index is 12.9. The van der Waals surface area contributed by atoms with Crippen molar-refractivity contribution in [2.75, 3.05) is 19.5 Å². The number of rotatable bonds is 4. The van der Waals surface area contributed by atoms with Gasteiger partial charge in [-0.25, -0.2) is 4.68 Å². The number of aromatic nitrogens is 2. The summed E-state index contributed by atoms with van der Waals surface area (Å²) in [6.07, 6.45) is 0. The van der Waals surface area contributed by atoms with Crippen LogP contribution in [0.5, 0.6) is 11.5 Å². The van der Waals surface area contributed by atoms with Crippen molar-refractivity contribution in [1.29, 1.82) is 0 Å². The molecule has 0 spiro atoms. The number of anilines is 1. The van der Waals surface area contributed by atoms with E-state index in [2.05, 4.69) is 42.0 Å².